The summed E-state index contributed by atoms with van der Waals surface area (Å²) in [7, 11) is 0. The van der Waals surface area contributed by atoms with Crippen molar-refractivity contribution < 1.29 is 19.4 Å². The number of ether oxygens (including phenoxy) is 1. The van der Waals surface area contributed by atoms with Gasteiger partial charge in [0.2, 0.25) is 0 Å². The highest BCUT2D eigenvalue weighted by molar-refractivity contribution is 5.75. The third kappa shape index (κ3) is 5.00. The number of aryl methyl sites for hydroxylation is 1. The summed E-state index contributed by atoms with van der Waals surface area (Å²) in [6.07, 6.45) is 0.992. The molecule has 1 aliphatic rings. The Balaban J connectivity index is 1.57. The molecule has 27 heavy (non-hydrogen) atoms. The van der Waals surface area contributed by atoms with Crippen LogP contribution < -0.4 is 10.1 Å². The number of urea groups is 1. The van der Waals surface area contributed by atoms with Crippen molar-refractivity contribution in [3.8, 4) is 11.5 Å². The highest BCUT2D eigenvalue weighted by atomic mass is 16.5. The van der Waals surface area contributed by atoms with Crippen LogP contribution in [0.15, 0.2) is 48.5 Å². The third-order valence-electron chi connectivity index (χ3n) is 4.78. The summed E-state index contributed by atoms with van der Waals surface area (Å²) in [4.78, 5) is 25.1. The van der Waals surface area contributed by atoms with Crippen molar-refractivity contribution in [1.29, 1.82) is 0 Å². The van der Waals surface area contributed by atoms with Gasteiger partial charge in [0.05, 0.1) is 5.92 Å². The molecule has 6 heteroatoms. The molecule has 1 aliphatic heterocycles. The predicted molar refractivity (Wildman–Crippen MR) is 102 cm³/mol. The van der Waals surface area contributed by atoms with Crippen LogP contribution in [0.1, 0.15) is 24.0 Å². The van der Waals surface area contributed by atoms with Crippen LogP contribution in [0.3, 0.4) is 0 Å². The highest BCUT2D eigenvalue weighted by Gasteiger charge is 2.26. The summed E-state index contributed by atoms with van der Waals surface area (Å²) in [5, 5.41) is 12.0. The van der Waals surface area contributed by atoms with Gasteiger partial charge in [-0.15, -0.1) is 0 Å². The van der Waals surface area contributed by atoms with E-state index in [1.165, 1.54) is 0 Å². The number of carboxylic acid groups (broad SMARTS) is 1. The summed E-state index contributed by atoms with van der Waals surface area (Å²) < 4.78 is 5.95. The maximum absolute atomic E-state index is 12.4. The number of carboxylic acids is 1. The first-order valence-corrected chi connectivity index (χ1v) is 9.11. The topological polar surface area (TPSA) is 78.9 Å². The molecule has 0 aromatic heterocycles. The molecule has 0 bridgehead atoms. The van der Waals surface area contributed by atoms with E-state index in [1.807, 2.05) is 55.5 Å². The number of hydrogen-bond donors (Lipinski definition) is 2. The van der Waals surface area contributed by atoms with Gasteiger partial charge in [0.15, 0.2) is 0 Å². The lowest BCUT2D eigenvalue weighted by molar-refractivity contribution is -0.143. The van der Waals surface area contributed by atoms with Gasteiger partial charge in [-0.25, -0.2) is 4.79 Å². The number of likely N-dealkylation sites (tertiary alicyclic amines) is 1. The van der Waals surface area contributed by atoms with Gasteiger partial charge in [-0.2, -0.15) is 0 Å². The molecule has 142 valence electrons. The lowest BCUT2D eigenvalue weighted by Crippen LogP contribution is -2.45. The Morgan fingerprint density at radius 3 is 2.44 bits per heavy atom. The van der Waals surface area contributed by atoms with Gasteiger partial charge in [0.1, 0.15) is 11.5 Å². The molecule has 2 N–H and O–H groups in total. The zero-order valence-electron chi connectivity index (χ0n) is 15.4. The average molecular weight is 368 g/mol. The van der Waals surface area contributed by atoms with E-state index < -0.39 is 5.97 Å². The number of piperidine rings is 1. The van der Waals surface area contributed by atoms with Crippen LogP contribution in [-0.4, -0.2) is 35.1 Å². The minimum absolute atomic E-state index is 0.177. The van der Waals surface area contributed by atoms with Crippen LogP contribution in [0.25, 0.3) is 0 Å². The second kappa shape index (κ2) is 8.58. The molecule has 0 atom stereocenters. The zero-order chi connectivity index (χ0) is 19.2. The first-order valence-electron chi connectivity index (χ1n) is 9.11. The number of benzene rings is 2. The number of carbonyl (C=O) groups is 2. The van der Waals surface area contributed by atoms with E-state index in [2.05, 4.69) is 5.32 Å². The standard InChI is InChI=1S/C21H24N2O4/c1-15-6-8-18(9-7-15)27-19-5-3-2-4-17(19)14-22-21(26)23-12-10-16(11-13-23)20(24)25/h2-9,16H,10-14H2,1H3,(H,22,26)(H,24,25). The van der Waals surface area contributed by atoms with E-state index in [9.17, 15) is 9.59 Å². The average Bonchev–Trinajstić information content (AvgIpc) is 2.69. The van der Waals surface area contributed by atoms with Crippen LogP contribution in [0.2, 0.25) is 0 Å². The molecule has 0 spiro atoms. The fourth-order valence-electron chi connectivity index (χ4n) is 3.09. The fraction of sp³-hybridized carbons (Fsp3) is 0.333. The van der Waals surface area contributed by atoms with Crippen molar-refractivity contribution in [3.63, 3.8) is 0 Å². The third-order valence-corrected chi connectivity index (χ3v) is 4.78. The Hall–Kier alpha value is -3.02. The Labute approximate surface area is 158 Å². The molecule has 0 unspecified atom stereocenters. The lowest BCUT2D eigenvalue weighted by Gasteiger charge is -2.30. The van der Waals surface area contributed by atoms with E-state index in [4.69, 9.17) is 9.84 Å². The summed E-state index contributed by atoms with van der Waals surface area (Å²) in [5.41, 5.74) is 2.04. The molecule has 2 amide bonds. The SMILES string of the molecule is Cc1ccc(Oc2ccccc2CNC(=O)N2CCC(C(=O)O)CC2)cc1. The molecule has 1 fully saturated rings. The Bertz CT molecular complexity index is 796. The maximum Gasteiger partial charge on any atom is 0.317 e. The summed E-state index contributed by atoms with van der Waals surface area (Å²) in [6.45, 7) is 3.29. The number of aliphatic carboxylic acids is 1. The van der Waals surface area contributed by atoms with E-state index in [0.717, 1.165) is 16.9 Å². The molecule has 0 saturated carbocycles. The molecule has 2 aromatic rings. The number of carbonyl (C=O) groups excluding carboxylic acids is 1. The van der Waals surface area contributed by atoms with Gasteiger partial charge < -0.3 is 20.1 Å². The van der Waals surface area contributed by atoms with E-state index in [0.29, 0.717) is 38.2 Å². The molecule has 1 heterocycles. The minimum atomic E-state index is -0.780. The first-order chi connectivity index (χ1) is 13.0. The smallest absolute Gasteiger partial charge is 0.317 e. The number of amides is 2. The van der Waals surface area contributed by atoms with Gasteiger partial charge in [0.25, 0.3) is 0 Å². The van der Waals surface area contributed by atoms with Crippen molar-refractivity contribution in [2.45, 2.75) is 26.3 Å². The number of nitrogens with one attached hydrogen (secondary N) is 1. The fourth-order valence-corrected chi connectivity index (χ4v) is 3.09. The number of nitrogens with zero attached hydrogens (tertiary/aromatic N) is 1. The van der Waals surface area contributed by atoms with Crippen LogP contribution in [-0.2, 0) is 11.3 Å². The second-order valence-corrected chi connectivity index (χ2v) is 6.78. The van der Waals surface area contributed by atoms with Crippen molar-refractivity contribution in [3.05, 3.63) is 59.7 Å². The quantitative estimate of drug-likeness (QED) is 0.841. The molecule has 2 aromatic carbocycles. The predicted octanol–water partition coefficient (Wildman–Crippen LogP) is 3.79. The summed E-state index contributed by atoms with van der Waals surface area (Å²) in [6, 6.07) is 15.2. The maximum atomic E-state index is 12.4. The van der Waals surface area contributed by atoms with Crippen molar-refractivity contribution >= 4 is 12.0 Å². The van der Waals surface area contributed by atoms with Crippen LogP contribution >= 0.6 is 0 Å². The van der Waals surface area contributed by atoms with Crippen molar-refractivity contribution in [1.82, 2.24) is 10.2 Å². The Kier molecular flexibility index (Phi) is 5.96. The summed E-state index contributed by atoms with van der Waals surface area (Å²) >= 11 is 0. The molecule has 3 rings (SSSR count). The number of para-hydroxylation sites is 1. The molecular weight excluding hydrogens is 344 g/mol. The van der Waals surface area contributed by atoms with Crippen LogP contribution in [0, 0.1) is 12.8 Å². The Morgan fingerprint density at radius 1 is 1.11 bits per heavy atom. The first kappa shape index (κ1) is 18.8. The molecule has 1 saturated heterocycles. The van der Waals surface area contributed by atoms with Gasteiger partial charge in [-0.3, -0.25) is 4.79 Å². The zero-order valence-corrected chi connectivity index (χ0v) is 15.4. The van der Waals surface area contributed by atoms with Crippen molar-refractivity contribution in [2.75, 3.05) is 13.1 Å². The monoisotopic (exact) mass is 368 g/mol. The normalized spacial score (nSPS) is 14.6. The minimum Gasteiger partial charge on any atom is -0.481 e. The number of rotatable bonds is 5. The van der Waals surface area contributed by atoms with E-state index >= 15 is 0 Å². The molecule has 6 nitrogen and oxygen atoms in total. The van der Waals surface area contributed by atoms with Crippen molar-refractivity contribution in [2.24, 2.45) is 5.92 Å². The molecular formula is C21H24N2O4. The van der Waals surface area contributed by atoms with Gasteiger partial charge in [-0.1, -0.05) is 35.9 Å². The Morgan fingerprint density at radius 2 is 1.78 bits per heavy atom. The number of hydrogen-bond acceptors (Lipinski definition) is 3. The lowest BCUT2D eigenvalue weighted by atomic mass is 9.97. The van der Waals surface area contributed by atoms with E-state index in [1.54, 1.807) is 4.90 Å². The van der Waals surface area contributed by atoms with E-state index in [-0.39, 0.29) is 11.9 Å². The van der Waals surface area contributed by atoms with Crippen LogP contribution in [0.4, 0.5) is 4.79 Å². The van der Waals surface area contributed by atoms with Gasteiger partial charge >= 0.3 is 12.0 Å². The summed E-state index contributed by atoms with van der Waals surface area (Å²) in [5.74, 6) is 0.316. The molecule has 0 radical (unpaired) electrons. The largest absolute Gasteiger partial charge is 0.481 e. The van der Waals surface area contributed by atoms with Gasteiger partial charge in [-0.05, 0) is 38.0 Å². The molecule has 0 aliphatic carbocycles. The van der Waals surface area contributed by atoms with Crippen LogP contribution in [0.5, 0.6) is 11.5 Å². The second-order valence-electron chi connectivity index (χ2n) is 6.78. The highest BCUT2D eigenvalue weighted by Crippen LogP contribution is 2.25. The van der Waals surface area contributed by atoms with Gasteiger partial charge in [0, 0.05) is 25.2 Å².